The largest absolute Gasteiger partial charge is 0.411 e. The van der Waals surface area contributed by atoms with Gasteiger partial charge in [0.1, 0.15) is 10.7 Å². The molecule has 0 aliphatic carbocycles. The summed E-state index contributed by atoms with van der Waals surface area (Å²) in [5.41, 5.74) is 3.44. The average Bonchev–Trinajstić information content (AvgIpc) is 3.41. The molecule has 0 saturated carbocycles. The molecule has 0 radical (unpaired) electrons. The van der Waals surface area contributed by atoms with E-state index in [1.165, 1.54) is 23.1 Å². The van der Waals surface area contributed by atoms with E-state index in [1.54, 1.807) is 0 Å². The molecule has 0 amide bonds. The zero-order chi connectivity index (χ0) is 21.4. The van der Waals surface area contributed by atoms with Crippen molar-refractivity contribution in [3.8, 4) is 22.6 Å². The van der Waals surface area contributed by atoms with Gasteiger partial charge in [-0.25, -0.2) is 4.98 Å². The van der Waals surface area contributed by atoms with Gasteiger partial charge in [0.15, 0.2) is 0 Å². The minimum Gasteiger partial charge on any atom is -0.411 e. The second-order valence-corrected chi connectivity index (χ2v) is 9.04. The molecule has 0 spiro atoms. The van der Waals surface area contributed by atoms with Gasteiger partial charge in [-0.2, -0.15) is 0 Å². The molecule has 6 nitrogen and oxygen atoms in total. The van der Waals surface area contributed by atoms with Gasteiger partial charge in [-0.05, 0) is 25.1 Å². The molecule has 0 bridgehead atoms. The van der Waals surface area contributed by atoms with Gasteiger partial charge < -0.3 is 9.40 Å². The van der Waals surface area contributed by atoms with Crippen LogP contribution in [0, 0.1) is 6.92 Å². The van der Waals surface area contributed by atoms with Gasteiger partial charge in [0.25, 0.3) is 10.8 Å². The molecule has 9 heteroatoms. The first-order chi connectivity index (χ1) is 15.1. The summed E-state index contributed by atoms with van der Waals surface area (Å²) in [4.78, 5) is 20.9. The molecule has 2 aromatic carbocycles. The number of aromatic nitrogens is 4. The Morgan fingerprint density at radius 1 is 1.10 bits per heavy atom. The molecular weight excluding hydrogens is 452 g/mol. The van der Waals surface area contributed by atoms with Gasteiger partial charge >= 0.3 is 0 Å². The van der Waals surface area contributed by atoms with E-state index < -0.39 is 0 Å². The number of hydrogen-bond donors (Lipinski definition) is 1. The Hall–Kier alpha value is -2.94. The molecule has 1 N–H and O–H groups in total. The number of aromatic amines is 1. The Bertz CT molecular complexity index is 1440. The number of thioether (sulfide) groups is 1. The summed E-state index contributed by atoms with van der Waals surface area (Å²) < 4.78 is 5.73. The molecule has 154 valence electrons. The Morgan fingerprint density at radius 3 is 2.71 bits per heavy atom. The minimum atomic E-state index is -0.192. The zero-order valence-electron chi connectivity index (χ0n) is 16.3. The smallest absolute Gasteiger partial charge is 0.277 e. The molecule has 31 heavy (non-hydrogen) atoms. The van der Waals surface area contributed by atoms with Crippen LogP contribution in [0.2, 0.25) is 5.02 Å². The van der Waals surface area contributed by atoms with Gasteiger partial charge in [-0.3, -0.25) is 4.79 Å². The summed E-state index contributed by atoms with van der Waals surface area (Å²) in [6.45, 7) is 2.02. The van der Waals surface area contributed by atoms with Crippen LogP contribution in [0.5, 0.6) is 0 Å². The average molecular weight is 467 g/mol. The molecule has 3 aromatic heterocycles. The number of aryl methyl sites for hydroxylation is 1. The molecule has 5 rings (SSSR count). The number of hydrogen-bond acceptors (Lipinski definition) is 7. The van der Waals surface area contributed by atoms with Gasteiger partial charge in [-0.1, -0.05) is 59.3 Å². The third kappa shape index (κ3) is 4.01. The van der Waals surface area contributed by atoms with Crippen molar-refractivity contribution in [3.63, 3.8) is 0 Å². The van der Waals surface area contributed by atoms with Crippen LogP contribution in [-0.4, -0.2) is 20.2 Å². The highest BCUT2D eigenvalue weighted by atomic mass is 35.5. The van der Waals surface area contributed by atoms with Crippen molar-refractivity contribution in [1.29, 1.82) is 0 Å². The number of rotatable bonds is 5. The van der Waals surface area contributed by atoms with E-state index in [1.807, 2.05) is 60.8 Å². The summed E-state index contributed by atoms with van der Waals surface area (Å²) in [5, 5.41) is 11.7. The highest BCUT2D eigenvalue weighted by molar-refractivity contribution is 7.98. The number of fused-ring (bicyclic) bond motifs is 1. The molecule has 0 aliphatic rings. The third-order valence-electron chi connectivity index (χ3n) is 4.69. The fourth-order valence-electron chi connectivity index (χ4n) is 3.15. The lowest BCUT2D eigenvalue weighted by atomic mass is 10.1. The standard InChI is InChI=1S/C22H15ClN4O2S2/c1-12-6-8-13(9-7-12)20-26-27-22(29-20)31-11-17-24-19(28)18-15(10-30-21(18)25-17)14-4-2-3-5-16(14)23/h2-10H,11H2,1H3,(H,24,25,28). The second-order valence-electron chi connectivity index (χ2n) is 6.85. The number of benzene rings is 2. The minimum absolute atomic E-state index is 0.192. The maximum Gasteiger partial charge on any atom is 0.277 e. The van der Waals surface area contributed by atoms with E-state index >= 15 is 0 Å². The van der Waals surface area contributed by atoms with Crippen molar-refractivity contribution in [2.24, 2.45) is 0 Å². The SMILES string of the molecule is Cc1ccc(-c2nnc(SCc3nc4scc(-c5ccccc5Cl)c4c(=O)[nH]3)o2)cc1. The van der Waals surface area contributed by atoms with E-state index in [4.69, 9.17) is 16.0 Å². The summed E-state index contributed by atoms with van der Waals surface area (Å²) in [7, 11) is 0. The van der Waals surface area contributed by atoms with E-state index in [0.717, 1.165) is 22.3 Å². The van der Waals surface area contributed by atoms with Crippen molar-refractivity contribution >= 4 is 44.9 Å². The van der Waals surface area contributed by atoms with Crippen molar-refractivity contribution < 1.29 is 4.42 Å². The van der Waals surface area contributed by atoms with Crippen LogP contribution in [-0.2, 0) is 5.75 Å². The van der Waals surface area contributed by atoms with E-state index in [2.05, 4.69) is 20.2 Å². The second kappa shape index (κ2) is 8.30. The van der Waals surface area contributed by atoms with Gasteiger partial charge in [0, 0.05) is 27.1 Å². The number of H-pyrrole nitrogens is 1. The number of thiophene rings is 1. The zero-order valence-corrected chi connectivity index (χ0v) is 18.6. The van der Waals surface area contributed by atoms with Crippen LogP contribution < -0.4 is 5.56 Å². The van der Waals surface area contributed by atoms with Crippen LogP contribution in [0.4, 0.5) is 0 Å². The molecule has 0 atom stereocenters. The fourth-order valence-corrected chi connectivity index (χ4v) is 4.98. The summed E-state index contributed by atoms with van der Waals surface area (Å²) in [6.07, 6.45) is 0. The number of halogens is 1. The lowest BCUT2D eigenvalue weighted by molar-refractivity contribution is 0.465. The summed E-state index contributed by atoms with van der Waals surface area (Å²) >= 11 is 9.06. The lowest BCUT2D eigenvalue weighted by Gasteiger charge is -2.03. The monoisotopic (exact) mass is 466 g/mol. The summed E-state index contributed by atoms with van der Waals surface area (Å²) in [5.74, 6) is 1.41. The molecule has 0 saturated heterocycles. The van der Waals surface area contributed by atoms with Crippen molar-refractivity contribution in [2.45, 2.75) is 17.9 Å². The first-order valence-electron chi connectivity index (χ1n) is 9.37. The van der Waals surface area contributed by atoms with Crippen LogP contribution >= 0.6 is 34.7 Å². The van der Waals surface area contributed by atoms with Crippen LogP contribution in [0.15, 0.2) is 68.3 Å². The van der Waals surface area contributed by atoms with Crippen LogP contribution in [0.25, 0.3) is 32.8 Å². The Kier molecular flexibility index (Phi) is 5.35. The van der Waals surface area contributed by atoms with E-state index in [0.29, 0.717) is 37.9 Å². The van der Waals surface area contributed by atoms with Crippen molar-refractivity contribution in [3.05, 3.63) is 80.7 Å². The lowest BCUT2D eigenvalue weighted by Crippen LogP contribution is -2.10. The predicted octanol–water partition coefficient (Wildman–Crippen LogP) is 5.96. The Balaban J connectivity index is 1.38. The first kappa shape index (κ1) is 20.0. The quantitative estimate of drug-likeness (QED) is 0.322. The van der Waals surface area contributed by atoms with Crippen LogP contribution in [0.3, 0.4) is 0 Å². The molecule has 3 heterocycles. The van der Waals surface area contributed by atoms with E-state index in [9.17, 15) is 4.79 Å². The van der Waals surface area contributed by atoms with Crippen molar-refractivity contribution in [1.82, 2.24) is 20.2 Å². The van der Waals surface area contributed by atoms with Crippen LogP contribution in [0.1, 0.15) is 11.4 Å². The maximum atomic E-state index is 12.8. The first-order valence-corrected chi connectivity index (χ1v) is 11.6. The third-order valence-corrected chi connectivity index (χ3v) is 6.73. The summed E-state index contributed by atoms with van der Waals surface area (Å²) in [6, 6.07) is 15.3. The molecular formula is C22H15ClN4O2S2. The highest BCUT2D eigenvalue weighted by Crippen LogP contribution is 2.35. The van der Waals surface area contributed by atoms with Crippen molar-refractivity contribution in [2.75, 3.05) is 0 Å². The normalized spacial score (nSPS) is 11.3. The Morgan fingerprint density at radius 2 is 1.90 bits per heavy atom. The highest BCUT2D eigenvalue weighted by Gasteiger charge is 2.16. The molecule has 0 unspecified atom stereocenters. The maximum absolute atomic E-state index is 12.8. The topological polar surface area (TPSA) is 84.7 Å². The Labute approximate surface area is 190 Å². The predicted molar refractivity (Wildman–Crippen MR) is 125 cm³/mol. The molecule has 0 fully saturated rings. The molecule has 0 aliphatic heterocycles. The van der Waals surface area contributed by atoms with Gasteiger partial charge in [0.2, 0.25) is 5.89 Å². The number of nitrogens with one attached hydrogen (secondary N) is 1. The fraction of sp³-hybridized carbons (Fsp3) is 0.0909. The number of nitrogens with zero attached hydrogens (tertiary/aromatic N) is 3. The van der Waals surface area contributed by atoms with Gasteiger partial charge in [-0.15, -0.1) is 21.5 Å². The van der Waals surface area contributed by atoms with E-state index in [-0.39, 0.29) is 5.56 Å². The van der Waals surface area contributed by atoms with Gasteiger partial charge in [0.05, 0.1) is 11.1 Å². The molecule has 5 aromatic rings.